The Morgan fingerprint density at radius 1 is 1.28 bits per heavy atom. The van der Waals surface area contributed by atoms with Gasteiger partial charge in [-0.3, -0.25) is 4.79 Å². The molecule has 0 heterocycles. The highest BCUT2D eigenvalue weighted by Gasteiger charge is 2.19. The van der Waals surface area contributed by atoms with E-state index in [0.29, 0.717) is 6.42 Å². The largest absolute Gasteiger partial charge is 0.322 e. The van der Waals surface area contributed by atoms with Crippen LogP contribution < -0.4 is 11.1 Å². The lowest BCUT2D eigenvalue weighted by Gasteiger charge is -2.14. The maximum atomic E-state index is 13.3. The van der Waals surface area contributed by atoms with E-state index in [1.807, 2.05) is 13.8 Å². The minimum absolute atomic E-state index is 0.195. The standard InChI is InChI=1S/C12H15F3N2O/c1-6(2)5-8(16)12(18)17-9-4-3-7(13)10(14)11(9)15/h3-4,6,8H,5,16H2,1-2H3,(H,17,18)/t8-/m1/s1. The SMILES string of the molecule is CC(C)C[C@@H](N)C(=O)Nc1ccc(F)c(F)c1F. The summed E-state index contributed by atoms with van der Waals surface area (Å²) in [6, 6.07) is 0.868. The molecule has 0 spiro atoms. The zero-order chi connectivity index (χ0) is 13.9. The van der Waals surface area contributed by atoms with Crippen LogP contribution in [0.4, 0.5) is 18.9 Å². The molecule has 0 saturated carbocycles. The van der Waals surface area contributed by atoms with Gasteiger partial charge in [0.25, 0.3) is 0 Å². The van der Waals surface area contributed by atoms with Crippen molar-refractivity contribution in [1.29, 1.82) is 0 Å². The molecule has 0 saturated heterocycles. The van der Waals surface area contributed by atoms with E-state index < -0.39 is 35.1 Å². The molecule has 0 aliphatic rings. The fourth-order valence-corrected chi connectivity index (χ4v) is 1.46. The first-order valence-corrected chi connectivity index (χ1v) is 5.52. The van der Waals surface area contributed by atoms with Crippen LogP contribution in [0.1, 0.15) is 20.3 Å². The van der Waals surface area contributed by atoms with Crippen molar-refractivity contribution in [1.82, 2.24) is 0 Å². The van der Waals surface area contributed by atoms with Crippen LogP contribution in [0.2, 0.25) is 0 Å². The highest BCUT2D eigenvalue weighted by Crippen LogP contribution is 2.20. The Kier molecular flexibility index (Phi) is 4.72. The van der Waals surface area contributed by atoms with Gasteiger partial charge in [0, 0.05) is 0 Å². The predicted molar refractivity (Wildman–Crippen MR) is 62.4 cm³/mol. The predicted octanol–water partition coefficient (Wildman–Crippen LogP) is 2.42. The maximum absolute atomic E-state index is 13.3. The quantitative estimate of drug-likeness (QED) is 0.817. The molecule has 0 radical (unpaired) electrons. The summed E-state index contributed by atoms with van der Waals surface area (Å²) in [6.45, 7) is 3.76. The van der Waals surface area contributed by atoms with Gasteiger partial charge in [-0.2, -0.15) is 0 Å². The molecule has 0 fully saturated rings. The third-order valence-electron chi connectivity index (χ3n) is 2.36. The second-order valence-electron chi connectivity index (χ2n) is 4.45. The Hall–Kier alpha value is -1.56. The molecule has 3 N–H and O–H groups in total. The van der Waals surface area contributed by atoms with E-state index in [-0.39, 0.29) is 5.92 Å². The maximum Gasteiger partial charge on any atom is 0.241 e. The number of nitrogens with one attached hydrogen (secondary N) is 1. The van der Waals surface area contributed by atoms with Gasteiger partial charge in [0.1, 0.15) is 0 Å². The summed E-state index contributed by atoms with van der Waals surface area (Å²) < 4.78 is 38.9. The van der Waals surface area contributed by atoms with Gasteiger partial charge in [-0.25, -0.2) is 13.2 Å². The number of carbonyl (C=O) groups excluding carboxylic acids is 1. The molecule has 0 unspecified atom stereocenters. The van der Waals surface area contributed by atoms with Gasteiger partial charge in [-0.05, 0) is 24.5 Å². The fraction of sp³-hybridized carbons (Fsp3) is 0.417. The first-order chi connectivity index (χ1) is 8.32. The van der Waals surface area contributed by atoms with Gasteiger partial charge < -0.3 is 11.1 Å². The van der Waals surface area contributed by atoms with Gasteiger partial charge in [-0.15, -0.1) is 0 Å². The molecule has 0 aliphatic heterocycles. The van der Waals surface area contributed by atoms with E-state index in [2.05, 4.69) is 5.32 Å². The van der Waals surface area contributed by atoms with Crippen molar-refractivity contribution in [2.45, 2.75) is 26.3 Å². The van der Waals surface area contributed by atoms with E-state index in [1.165, 1.54) is 0 Å². The molecule has 6 heteroatoms. The summed E-state index contributed by atoms with van der Waals surface area (Å²) in [5, 5.41) is 2.14. The smallest absolute Gasteiger partial charge is 0.241 e. The second kappa shape index (κ2) is 5.86. The van der Waals surface area contributed by atoms with Crippen LogP contribution in [0.25, 0.3) is 0 Å². The summed E-state index contributed by atoms with van der Waals surface area (Å²) in [7, 11) is 0. The van der Waals surface area contributed by atoms with Crippen LogP contribution in [-0.4, -0.2) is 11.9 Å². The molecule has 1 amide bonds. The van der Waals surface area contributed by atoms with E-state index in [1.54, 1.807) is 0 Å². The Labute approximate surface area is 103 Å². The van der Waals surface area contributed by atoms with E-state index in [9.17, 15) is 18.0 Å². The van der Waals surface area contributed by atoms with Crippen molar-refractivity contribution >= 4 is 11.6 Å². The second-order valence-corrected chi connectivity index (χ2v) is 4.45. The lowest BCUT2D eigenvalue weighted by Crippen LogP contribution is -2.36. The summed E-state index contributed by atoms with van der Waals surface area (Å²) >= 11 is 0. The Bertz CT molecular complexity index is 449. The molecule has 1 aromatic carbocycles. The lowest BCUT2D eigenvalue weighted by molar-refractivity contribution is -0.117. The molecule has 1 atom stereocenters. The summed E-state index contributed by atoms with van der Waals surface area (Å²) in [6.07, 6.45) is 0.414. The van der Waals surface area contributed by atoms with Gasteiger partial charge in [0.15, 0.2) is 17.5 Å². The van der Waals surface area contributed by atoms with E-state index in [4.69, 9.17) is 5.73 Å². The first kappa shape index (κ1) is 14.5. The number of nitrogens with two attached hydrogens (primary N) is 1. The highest BCUT2D eigenvalue weighted by atomic mass is 19.2. The average molecular weight is 260 g/mol. The number of amides is 1. The van der Waals surface area contributed by atoms with Gasteiger partial charge in [0.2, 0.25) is 5.91 Å². The van der Waals surface area contributed by atoms with E-state index in [0.717, 1.165) is 12.1 Å². The number of hydrogen-bond donors (Lipinski definition) is 2. The zero-order valence-corrected chi connectivity index (χ0v) is 10.1. The molecule has 0 aromatic heterocycles. The van der Waals surface area contributed by atoms with E-state index >= 15 is 0 Å². The highest BCUT2D eigenvalue weighted by molar-refractivity contribution is 5.94. The molecule has 1 rings (SSSR count). The molecular weight excluding hydrogens is 245 g/mol. The minimum atomic E-state index is -1.62. The fourth-order valence-electron chi connectivity index (χ4n) is 1.46. The van der Waals surface area contributed by atoms with Crippen molar-refractivity contribution in [2.24, 2.45) is 11.7 Å². The minimum Gasteiger partial charge on any atom is -0.322 e. The number of halogens is 3. The average Bonchev–Trinajstić information content (AvgIpc) is 2.29. The van der Waals surface area contributed by atoms with Crippen LogP contribution in [0.3, 0.4) is 0 Å². The number of benzene rings is 1. The van der Waals surface area contributed by atoms with Crippen LogP contribution in [0.5, 0.6) is 0 Å². The monoisotopic (exact) mass is 260 g/mol. The van der Waals surface area contributed by atoms with Crippen molar-refractivity contribution < 1.29 is 18.0 Å². The Morgan fingerprint density at radius 3 is 2.44 bits per heavy atom. The molecule has 3 nitrogen and oxygen atoms in total. The Morgan fingerprint density at radius 2 is 1.89 bits per heavy atom. The summed E-state index contributed by atoms with van der Waals surface area (Å²) in [4.78, 5) is 11.6. The number of hydrogen-bond acceptors (Lipinski definition) is 2. The summed E-state index contributed by atoms with van der Waals surface area (Å²) in [5.41, 5.74) is 5.16. The van der Waals surface area contributed by atoms with Crippen molar-refractivity contribution in [3.05, 3.63) is 29.6 Å². The number of rotatable bonds is 4. The molecule has 18 heavy (non-hydrogen) atoms. The third kappa shape index (κ3) is 3.46. The van der Waals surface area contributed by atoms with Crippen LogP contribution in [0, 0.1) is 23.4 Å². The van der Waals surface area contributed by atoms with Crippen LogP contribution in [-0.2, 0) is 4.79 Å². The number of anilines is 1. The van der Waals surface area contributed by atoms with Gasteiger partial charge in [-0.1, -0.05) is 13.8 Å². The van der Waals surface area contributed by atoms with Gasteiger partial charge in [0.05, 0.1) is 11.7 Å². The zero-order valence-electron chi connectivity index (χ0n) is 10.1. The molecule has 0 bridgehead atoms. The van der Waals surface area contributed by atoms with Crippen LogP contribution >= 0.6 is 0 Å². The van der Waals surface area contributed by atoms with Crippen molar-refractivity contribution in [3.8, 4) is 0 Å². The van der Waals surface area contributed by atoms with Gasteiger partial charge >= 0.3 is 0 Å². The summed E-state index contributed by atoms with van der Waals surface area (Å²) in [5.74, 6) is -4.79. The molecular formula is C12H15F3N2O. The van der Waals surface area contributed by atoms with Crippen LogP contribution in [0.15, 0.2) is 12.1 Å². The van der Waals surface area contributed by atoms with Crippen molar-refractivity contribution in [3.63, 3.8) is 0 Å². The molecule has 100 valence electrons. The number of carbonyl (C=O) groups is 1. The topological polar surface area (TPSA) is 55.1 Å². The third-order valence-corrected chi connectivity index (χ3v) is 2.36. The lowest BCUT2D eigenvalue weighted by atomic mass is 10.0. The molecule has 1 aromatic rings. The molecule has 0 aliphatic carbocycles. The van der Waals surface area contributed by atoms with Crippen molar-refractivity contribution in [2.75, 3.05) is 5.32 Å². The Balaban J connectivity index is 2.79. The first-order valence-electron chi connectivity index (χ1n) is 5.52. The normalized spacial score (nSPS) is 12.6.